The first-order chi connectivity index (χ1) is 14.2. The molecule has 1 fully saturated rings. The number of halogens is 1. The minimum absolute atomic E-state index is 0.483. The maximum Gasteiger partial charge on any atom is 0.213 e. The maximum atomic E-state index is 6.53. The Bertz CT molecular complexity index is 1180. The monoisotopic (exact) mass is 402 g/mol. The molecule has 0 radical (unpaired) electrons. The van der Waals surface area contributed by atoms with E-state index in [4.69, 9.17) is 21.3 Å². The zero-order valence-electron chi connectivity index (χ0n) is 16.4. The fraction of sp³-hybridized carbons (Fsp3) is 0.240. The molecule has 0 saturated carbocycles. The van der Waals surface area contributed by atoms with E-state index in [9.17, 15) is 0 Å². The Labute approximate surface area is 175 Å². The van der Waals surface area contributed by atoms with Crippen LogP contribution in [0.15, 0.2) is 66.7 Å². The van der Waals surface area contributed by atoms with Crippen LogP contribution in [0.4, 0.5) is 0 Å². The van der Waals surface area contributed by atoms with Crippen molar-refractivity contribution >= 4 is 33.3 Å². The Balaban J connectivity index is 1.50. The lowest BCUT2D eigenvalue weighted by atomic mass is 9.97. The number of likely N-dealkylation sites (N-methyl/N-ethyl adjacent to an activating group) is 1. The van der Waals surface area contributed by atoms with Gasteiger partial charge in [0.2, 0.25) is 5.88 Å². The van der Waals surface area contributed by atoms with Gasteiger partial charge in [0.25, 0.3) is 0 Å². The first kappa shape index (κ1) is 18.4. The van der Waals surface area contributed by atoms with Crippen molar-refractivity contribution in [2.24, 2.45) is 0 Å². The Morgan fingerprint density at radius 2 is 1.86 bits per heavy atom. The number of nitrogens with zero attached hydrogens (tertiary/aromatic N) is 2. The van der Waals surface area contributed by atoms with Gasteiger partial charge >= 0.3 is 0 Å². The zero-order valence-corrected chi connectivity index (χ0v) is 17.2. The van der Waals surface area contributed by atoms with Crippen LogP contribution >= 0.6 is 11.6 Å². The van der Waals surface area contributed by atoms with Gasteiger partial charge in [0.05, 0.1) is 5.52 Å². The minimum atomic E-state index is 0.483. The smallest absolute Gasteiger partial charge is 0.213 e. The molecule has 1 aromatic heterocycles. The summed E-state index contributed by atoms with van der Waals surface area (Å²) in [7, 11) is 2.16. The Hall–Kier alpha value is -2.62. The second-order valence-corrected chi connectivity index (χ2v) is 8.20. The van der Waals surface area contributed by atoms with E-state index in [1.807, 2.05) is 18.2 Å². The van der Waals surface area contributed by atoms with E-state index < -0.39 is 0 Å². The van der Waals surface area contributed by atoms with E-state index in [0.29, 0.717) is 18.5 Å². The highest BCUT2D eigenvalue weighted by Crippen LogP contribution is 2.35. The topological polar surface area (TPSA) is 25.4 Å². The molecule has 0 amide bonds. The van der Waals surface area contributed by atoms with Gasteiger partial charge in [-0.15, -0.1) is 0 Å². The van der Waals surface area contributed by atoms with Gasteiger partial charge in [-0.25, -0.2) is 4.98 Å². The second kappa shape index (κ2) is 7.66. The molecule has 1 aliphatic rings. The Morgan fingerprint density at radius 1 is 1.03 bits per heavy atom. The van der Waals surface area contributed by atoms with Crippen LogP contribution in [0.25, 0.3) is 32.8 Å². The van der Waals surface area contributed by atoms with Gasteiger partial charge in [-0.1, -0.05) is 54.1 Å². The predicted molar refractivity (Wildman–Crippen MR) is 121 cm³/mol. The molecule has 0 N–H and O–H groups in total. The first-order valence-electron chi connectivity index (χ1n) is 10.1. The SMILES string of the molecule is CN1CCC[C@H]1COc1ccc2ccc(-c3cccc4cccc(Cl)c34)cc2n1. The van der Waals surface area contributed by atoms with Crippen LogP contribution in [-0.4, -0.2) is 36.1 Å². The van der Waals surface area contributed by atoms with Crippen molar-refractivity contribution in [1.82, 2.24) is 9.88 Å². The number of ether oxygens (including phenoxy) is 1. The van der Waals surface area contributed by atoms with Crippen LogP contribution in [0.1, 0.15) is 12.8 Å². The zero-order chi connectivity index (χ0) is 19.8. The molecule has 5 rings (SSSR count). The molecule has 3 aromatic carbocycles. The highest BCUT2D eigenvalue weighted by Gasteiger charge is 2.21. The van der Waals surface area contributed by atoms with E-state index in [1.54, 1.807) is 0 Å². The lowest BCUT2D eigenvalue weighted by Gasteiger charge is -2.19. The highest BCUT2D eigenvalue weighted by molar-refractivity contribution is 6.36. The number of hydrogen-bond acceptors (Lipinski definition) is 3. The average Bonchev–Trinajstić information content (AvgIpc) is 3.16. The Kier molecular flexibility index (Phi) is 4.86. The van der Waals surface area contributed by atoms with Crippen LogP contribution in [-0.2, 0) is 0 Å². The summed E-state index contributed by atoms with van der Waals surface area (Å²) in [4.78, 5) is 7.14. The standard InChI is InChI=1S/C25H23ClN2O/c1-28-14-4-7-20(28)16-29-24-13-12-17-10-11-19(15-23(17)27-24)21-8-2-5-18-6-3-9-22(26)25(18)21/h2-3,5-6,8-13,15,20H,4,7,14,16H2,1H3/t20-/m0/s1. The molecule has 0 spiro atoms. The van der Waals surface area contributed by atoms with Gasteiger partial charge in [0.15, 0.2) is 0 Å². The first-order valence-corrected chi connectivity index (χ1v) is 10.5. The largest absolute Gasteiger partial charge is 0.476 e. The molecule has 4 aromatic rings. The van der Waals surface area contributed by atoms with Gasteiger partial charge < -0.3 is 9.64 Å². The molecule has 2 heterocycles. The normalized spacial score (nSPS) is 17.2. The number of pyridine rings is 1. The fourth-order valence-electron chi connectivity index (χ4n) is 4.25. The lowest BCUT2D eigenvalue weighted by Crippen LogP contribution is -2.30. The molecule has 1 aliphatic heterocycles. The van der Waals surface area contributed by atoms with Crippen molar-refractivity contribution in [1.29, 1.82) is 0 Å². The fourth-order valence-corrected chi connectivity index (χ4v) is 4.54. The average molecular weight is 403 g/mol. The molecule has 29 heavy (non-hydrogen) atoms. The number of benzene rings is 3. The van der Waals surface area contributed by atoms with Crippen molar-refractivity contribution in [3.63, 3.8) is 0 Å². The number of aromatic nitrogens is 1. The number of fused-ring (bicyclic) bond motifs is 2. The van der Waals surface area contributed by atoms with Crippen molar-refractivity contribution in [2.75, 3.05) is 20.2 Å². The number of hydrogen-bond donors (Lipinski definition) is 0. The summed E-state index contributed by atoms with van der Waals surface area (Å²) in [5, 5.41) is 4.09. The summed E-state index contributed by atoms with van der Waals surface area (Å²) >= 11 is 6.53. The lowest BCUT2D eigenvalue weighted by molar-refractivity contribution is 0.193. The molecule has 1 atom stereocenters. The van der Waals surface area contributed by atoms with E-state index in [-0.39, 0.29) is 0 Å². The van der Waals surface area contributed by atoms with Gasteiger partial charge in [-0.3, -0.25) is 0 Å². The summed E-state index contributed by atoms with van der Waals surface area (Å²) in [6.07, 6.45) is 2.43. The van der Waals surface area contributed by atoms with E-state index in [2.05, 4.69) is 60.5 Å². The molecule has 0 unspecified atom stereocenters. The molecule has 4 heteroatoms. The summed E-state index contributed by atoms with van der Waals surface area (Å²) in [6, 6.07) is 23.2. The van der Waals surface area contributed by atoms with Gasteiger partial charge in [-0.2, -0.15) is 0 Å². The minimum Gasteiger partial charge on any atom is -0.476 e. The van der Waals surface area contributed by atoms with Crippen LogP contribution < -0.4 is 4.74 Å². The van der Waals surface area contributed by atoms with Gasteiger partial charge in [0.1, 0.15) is 6.61 Å². The molecule has 1 saturated heterocycles. The van der Waals surface area contributed by atoms with Crippen molar-refractivity contribution in [3.8, 4) is 17.0 Å². The summed E-state index contributed by atoms with van der Waals surface area (Å²) in [5.41, 5.74) is 3.16. The summed E-state index contributed by atoms with van der Waals surface area (Å²) in [6.45, 7) is 1.84. The third-order valence-corrected chi connectivity index (χ3v) is 6.24. The van der Waals surface area contributed by atoms with Crippen molar-refractivity contribution in [2.45, 2.75) is 18.9 Å². The van der Waals surface area contributed by atoms with Crippen LogP contribution in [0.3, 0.4) is 0 Å². The van der Waals surface area contributed by atoms with Crippen LogP contribution in [0, 0.1) is 0 Å². The number of likely N-dealkylation sites (tertiary alicyclic amines) is 1. The van der Waals surface area contributed by atoms with E-state index in [1.165, 1.54) is 12.8 Å². The third kappa shape index (κ3) is 3.57. The molecule has 146 valence electrons. The summed E-state index contributed by atoms with van der Waals surface area (Å²) in [5.74, 6) is 0.686. The second-order valence-electron chi connectivity index (χ2n) is 7.79. The van der Waals surface area contributed by atoms with E-state index in [0.717, 1.165) is 44.4 Å². The van der Waals surface area contributed by atoms with Gasteiger partial charge in [-0.05, 0) is 61.1 Å². The molecule has 0 aliphatic carbocycles. The van der Waals surface area contributed by atoms with Crippen LogP contribution in [0.2, 0.25) is 5.02 Å². The van der Waals surface area contributed by atoms with Crippen LogP contribution in [0.5, 0.6) is 5.88 Å². The number of rotatable bonds is 4. The molecule has 0 bridgehead atoms. The highest BCUT2D eigenvalue weighted by atomic mass is 35.5. The molecular formula is C25H23ClN2O. The molecular weight excluding hydrogens is 380 g/mol. The quantitative estimate of drug-likeness (QED) is 0.407. The van der Waals surface area contributed by atoms with Crippen molar-refractivity contribution < 1.29 is 4.74 Å². The van der Waals surface area contributed by atoms with Crippen molar-refractivity contribution in [3.05, 3.63) is 71.8 Å². The molecule has 3 nitrogen and oxygen atoms in total. The van der Waals surface area contributed by atoms with Gasteiger partial charge in [0, 0.05) is 27.9 Å². The van der Waals surface area contributed by atoms with E-state index >= 15 is 0 Å². The Morgan fingerprint density at radius 3 is 2.69 bits per heavy atom. The summed E-state index contributed by atoms with van der Waals surface area (Å²) < 4.78 is 6.03. The third-order valence-electron chi connectivity index (χ3n) is 5.93. The maximum absolute atomic E-state index is 6.53. The predicted octanol–water partition coefficient (Wildman–Crippen LogP) is 6.18.